The highest BCUT2D eigenvalue weighted by Crippen LogP contribution is 2.14. The van der Waals surface area contributed by atoms with E-state index in [2.05, 4.69) is 20.6 Å². The molecule has 1 N–H and O–H groups in total. The van der Waals surface area contributed by atoms with Crippen LogP contribution >= 0.6 is 0 Å². The third-order valence-corrected chi connectivity index (χ3v) is 5.52. The summed E-state index contributed by atoms with van der Waals surface area (Å²) in [5, 5.41) is 11.5. The molecule has 0 fully saturated rings. The fourth-order valence-corrected chi connectivity index (χ4v) is 3.65. The first-order valence-electron chi connectivity index (χ1n) is 10.6. The molecule has 32 heavy (non-hydrogen) atoms. The quantitative estimate of drug-likeness (QED) is 0.456. The summed E-state index contributed by atoms with van der Waals surface area (Å²) in [5.74, 6) is 0.687. The second-order valence-corrected chi connectivity index (χ2v) is 7.92. The summed E-state index contributed by atoms with van der Waals surface area (Å²) in [5.41, 5.74) is 4.38. The lowest BCUT2D eigenvalue weighted by Gasteiger charge is -2.08. The highest BCUT2D eigenvalue weighted by molar-refractivity contribution is 5.76. The van der Waals surface area contributed by atoms with Gasteiger partial charge in [-0.3, -0.25) is 14.2 Å². The van der Waals surface area contributed by atoms with Crippen molar-refractivity contribution in [2.75, 3.05) is 6.54 Å². The molecule has 166 valence electrons. The SMILES string of the molecule is Cc1ccc(Cn2cnc3c(cnn3CCNC(=O)CCc3c(C)noc3C)c2=O)cc1. The number of nitrogens with one attached hydrogen (secondary N) is 1. The Hall–Kier alpha value is -3.75. The van der Waals surface area contributed by atoms with E-state index in [4.69, 9.17) is 4.52 Å². The largest absolute Gasteiger partial charge is 0.361 e. The van der Waals surface area contributed by atoms with Crippen LogP contribution < -0.4 is 10.9 Å². The maximum absolute atomic E-state index is 12.8. The van der Waals surface area contributed by atoms with Gasteiger partial charge in [0, 0.05) is 18.5 Å². The average Bonchev–Trinajstić information content (AvgIpc) is 3.33. The van der Waals surface area contributed by atoms with Crippen molar-refractivity contribution in [2.24, 2.45) is 0 Å². The molecule has 0 radical (unpaired) electrons. The van der Waals surface area contributed by atoms with E-state index in [1.807, 2.05) is 45.0 Å². The van der Waals surface area contributed by atoms with E-state index in [9.17, 15) is 9.59 Å². The number of benzene rings is 1. The number of carbonyl (C=O) groups excluding carboxylic acids is 1. The molecule has 3 aromatic heterocycles. The fourth-order valence-electron chi connectivity index (χ4n) is 3.65. The van der Waals surface area contributed by atoms with E-state index in [0.717, 1.165) is 22.6 Å². The molecule has 0 unspecified atom stereocenters. The van der Waals surface area contributed by atoms with Gasteiger partial charge in [-0.15, -0.1) is 0 Å². The fraction of sp³-hybridized carbons (Fsp3) is 0.348. The van der Waals surface area contributed by atoms with Crippen molar-refractivity contribution in [2.45, 2.75) is 46.7 Å². The second kappa shape index (κ2) is 9.17. The zero-order valence-corrected chi connectivity index (χ0v) is 18.5. The molecule has 0 atom stereocenters. The minimum Gasteiger partial charge on any atom is -0.361 e. The number of hydrogen-bond donors (Lipinski definition) is 1. The molecule has 0 aliphatic carbocycles. The molecule has 9 nitrogen and oxygen atoms in total. The Morgan fingerprint density at radius 1 is 1.16 bits per heavy atom. The maximum atomic E-state index is 12.8. The van der Waals surface area contributed by atoms with Crippen LogP contribution in [0.5, 0.6) is 0 Å². The van der Waals surface area contributed by atoms with E-state index in [1.165, 1.54) is 11.8 Å². The number of rotatable bonds is 8. The summed E-state index contributed by atoms with van der Waals surface area (Å²) in [4.78, 5) is 29.5. The van der Waals surface area contributed by atoms with Crippen LogP contribution in [0.15, 0.2) is 46.1 Å². The van der Waals surface area contributed by atoms with E-state index in [-0.39, 0.29) is 11.5 Å². The monoisotopic (exact) mass is 434 g/mol. The Morgan fingerprint density at radius 2 is 1.94 bits per heavy atom. The first-order valence-corrected chi connectivity index (χ1v) is 10.6. The van der Waals surface area contributed by atoms with Gasteiger partial charge in [-0.25, -0.2) is 9.67 Å². The lowest BCUT2D eigenvalue weighted by molar-refractivity contribution is -0.121. The summed E-state index contributed by atoms with van der Waals surface area (Å²) in [6.07, 6.45) is 4.02. The van der Waals surface area contributed by atoms with Crippen molar-refractivity contribution in [3.63, 3.8) is 0 Å². The Labute approximate surface area is 185 Å². The number of hydrogen-bond acceptors (Lipinski definition) is 6. The Bertz CT molecular complexity index is 1280. The van der Waals surface area contributed by atoms with Crippen molar-refractivity contribution < 1.29 is 9.32 Å². The zero-order valence-electron chi connectivity index (χ0n) is 18.5. The van der Waals surface area contributed by atoms with E-state index in [0.29, 0.717) is 43.5 Å². The molecule has 0 spiro atoms. The smallest absolute Gasteiger partial charge is 0.264 e. The summed E-state index contributed by atoms with van der Waals surface area (Å²) in [7, 11) is 0. The van der Waals surface area contributed by atoms with Gasteiger partial charge < -0.3 is 9.84 Å². The molecular formula is C23H26N6O3. The number of amides is 1. The van der Waals surface area contributed by atoms with Crippen molar-refractivity contribution in [3.8, 4) is 0 Å². The molecule has 0 saturated carbocycles. The predicted octanol–water partition coefficient (Wildman–Crippen LogP) is 2.30. The lowest BCUT2D eigenvalue weighted by Crippen LogP contribution is -2.28. The normalized spacial score (nSPS) is 11.2. The summed E-state index contributed by atoms with van der Waals surface area (Å²) < 4.78 is 8.35. The van der Waals surface area contributed by atoms with Crippen LogP contribution in [0.25, 0.3) is 11.0 Å². The molecule has 0 aliphatic heterocycles. The number of aryl methyl sites for hydroxylation is 3. The van der Waals surface area contributed by atoms with Crippen molar-refractivity contribution in [1.82, 2.24) is 29.8 Å². The average molecular weight is 435 g/mol. The Kier molecular flexibility index (Phi) is 6.16. The third-order valence-electron chi connectivity index (χ3n) is 5.52. The highest BCUT2D eigenvalue weighted by atomic mass is 16.5. The van der Waals surface area contributed by atoms with Crippen molar-refractivity contribution in [3.05, 3.63) is 75.3 Å². The van der Waals surface area contributed by atoms with Gasteiger partial charge in [0.05, 0.1) is 25.0 Å². The Balaban J connectivity index is 1.35. The first-order chi connectivity index (χ1) is 15.4. The molecule has 0 aliphatic rings. The Morgan fingerprint density at radius 3 is 2.66 bits per heavy atom. The standard InChI is InChI=1S/C23H26N6O3/c1-15-4-6-18(7-5-15)13-28-14-25-22-20(23(28)31)12-26-29(22)11-10-24-21(30)9-8-19-16(2)27-32-17(19)3/h4-7,12,14H,8-11,13H2,1-3H3,(H,24,30). The van der Waals surface area contributed by atoms with E-state index in [1.54, 1.807) is 15.6 Å². The lowest BCUT2D eigenvalue weighted by atomic mass is 10.1. The number of aromatic nitrogens is 5. The maximum Gasteiger partial charge on any atom is 0.264 e. The van der Waals surface area contributed by atoms with Crippen LogP contribution in [0.1, 0.15) is 34.6 Å². The highest BCUT2D eigenvalue weighted by Gasteiger charge is 2.13. The molecular weight excluding hydrogens is 408 g/mol. The third kappa shape index (κ3) is 4.61. The van der Waals surface area contributed by atoms with Gasteiger partial charge in [0.2, 0.25) is 5.91 Å². The van der Waals surface area contributed by atoms with Crippen LogP contribution in [0.4, 0.5) is 0 Å². The predicted molar refractivity (Wildman–Crippen MR) is 119 cm³/mol. The molecule has 1 aromatic carbocycles. The van der Waals surface area contributed by atoms with Crippen LogP contribution in [0.2, 0.25) is 0 Å². The van der Waals surface area contributed by atoms with Gasteiger partial charge >= 0.3 is 0 Å². The van der Waals surface area contributed by atoms with Crippen LogP contribution in [0.3, 0.4) is 0 Å². The minimum atomic E-state index is -0.134. The number of fused-ring (bicyclic) bond motifs is 1. The van der Waals surface area contributed by atoms with Gasteiger partial charge in [0.1, 0.15) is 17.5 Å². The molecule has 1 amide bonds. The van der Waals surface area contributed by atoms with Crippen LogP contribution in [-0.2, 0) is 24.3 Å². The van der Waals surface area contributed by atoms with Gasteiger partial charge in [-0.05, 0) is 32.8 Å². The topological polar surface area (TPSA) is 108 Å². The molecule has 0 saturated heterocycles. The summed E-state index contributed by atoms with van der Waals surface area (Å²) in [6, 6.07) is 8.05. The second-order valence-electron chi connectivity index (χ2n) is 7.92. The number of nitrogens with zero attached hydrogens (tertiary/aromatic N) is 5. The minimum absolute atomic E-state index is 0.0603. The molecule has 0 bridgehead atoms. The summed E-state index contributed by atoms with van der Waals surface area (Å²) in [6.45, 7) is 7.01. The first kappa shape index (κ1) is 21.5. The number of carbonyl (C=O) groups is 1. The van der Waals surface area contributed by atoms with Crippen LogP contribution in [-0.4, -0.2) is 36.9 Å². The van der Waals surface area contributed by atoms with Gasteiger partial charge in [-0.2, -0.15) is 5.10 Å². The van der Waals surface area contributed by atoms with E-state index < -0.39 is 0 Å². The molecule has 9 heteroatoms. The van der Waals surface area contributed by atoms with Gasteiger partial charge in [0.25, 0.3) is 5.56 Å². The van der Waals surface area contributed by atoms with Crippen molar-refractivity contribution in [1.29, 1.82) is 0 Å². The van der Waals surface area contributed by atoms with Crippen LogP contribution in [0, 0.1) is 20.8 Å². The molecule has 3 heterocycles. The van der Waals surface area contributed by atoms with Gasteiger partial charge in [-0.1, -0.05) is 35.0 Å². The van der Waals surface area contributed by atoms with E-state index >= 15 is 0 Å². The van der Waals surface area contributed by atoms with Crippen molar-refractivity contribution >= 4 is 16.9 Å². The molecule has 4 aromatic rings. The zero-order chi connectivity index (χ0) is 22.7. The summed E-state index contributed by atoms with van der Waals surface area (Å²) >= 11 is 0. The van der Waals surface area contributed by atoms with Gasteiger partial charge in [0.15, 0.2) is 5.65 Å². The molecule has 4 rings (SSSR count).